The molecule has 0 saturated heterocycles. The molecule has 17 heavy (non-hydrogen) atoms. The average Bonchev–Trinajstić information content (AvgIpc) is 2.64. The maximum atomic E-state index is 11.3. The number of imidazole rings is 1. The molecule has 0 aliphatic heterocycles. The van der Waals surface area contributed by atoms with Crippen molar-refractivity contribution in [1.82, 2.24) is 14.9 Å². The van der Waals surface area contributed by atoms with E-state index in [2.05, 4.69) is 15.0 Å². The van der Waals surface area contributed by atoms with Gasteiger partial charge in [0.25, 0.3) is 0 Å². The number of rotatable bonds is 6. The molecular weight excluding hydrogens is 222 g/mol. The highest BCUT2D eigenvalue weighted by Crippen LogP contribution is 1.94. The predicted octanol–water partition coefficient (Wildman–Crippen LogP) is 0.0320. The summed E-state index contributed by atoms with van der Waals surface area (Å²) in [5, 5.41) is 2.64. The highest BCUT2D eigenvalue weighted by Gasteiger charge is 2.09. The van der Waals surface area contributed by atoms with Crippen molar-refractivity contribution >= 4 is 11.9 Å². The first-order valence-electron chi connectivity index (χ1n) is 5.52. The second-order valence-corrected chi connectivity index (χ2v) is 3.54. The summed E-state index contributed by atoms with van der Waals surface area (Å²) < 4.78 is 6.55. The molecule has 0 aliphatic rings. The zero-order valence-corrected chi connectivity index (χ0v) is 10.1. The van der Waals surface area contributed by atoms with Gasteiger partial charge in [0, 0.05) is 32.4 Å². The lowest BCUT2D eigenvalue weighted by Gasteiger charge is -2.05. The van der Waals surface area contributed by atoms with Crippen molar-refractivity contribution < 1.29 is 14.3 Å². The Balaban J connectivity index is 2.21. The van der Waals surface area contributed by atoms with Crippen molar-refractivity contribution in [2.45, 2.75) is 19.8 Å². The maximum Gasteiger partial charge on any atom is 0.315 e. The summed E-state index contributed by atoms with van der Waals surface area (Å²) >= 11 is 0. The van der Waals surface area contributed by atoms with E-state index in [4.69, 9.17) is 0 Å². The first kappa shape index (κ1) is 13.2. The van der Waals surface area contributed by atoms with E-state index in [1.165, 1.54) is 0 Å². The Kier molecular flexibility index (Phi) is 5.19. The van der Waals surface area contributed by atoms with Crippen LogP contribution < -0.4 is 5.32 Å². The number of amides is 1. The normalized spacial score (nSPS) is 10.0. The van der Waals surface area contributed by atoms with Crippen LogP contribution in [0.25, 0.3) is 0 Å². The molecule has 0 saturated carbocycles. The number of ether oxygens (including phenoxy) is 1. The molecular formula is C11H17N3O3. The molecule has 1 rings (SSSR count). The van der Waals surface area contributed by atoms with E-state index < -0.39 is 5.97 Å². The Morgan fingerprint density at radius 1 is 1.53 bits per heavy atom. The summed E-state index contributed by atoms with van der Waals surface area (Å²) in [5.74, 6) is 0.0704. The third kappa shape index (κ3) is 4.67. The number of nitrogens with zero attached hydrogens (tertiary/aromatic N) is 2. The Bertz CT molecular complexity index is 387. The Morgan fingerprint density at radius 2 is 2.29 bits per heavy atom. The van der Waals surface area contributed by atoms with Crippen molar-refractivity contribution in [3.8, 4) is 0 Å². The minimum Gasteiger partial charge on any atom is -0.466 e. The number of esters is 1. The summed E-state index contributed by atoms with van der Waals surface area (Å²) in [7, 11) is 1.89. The summed E-state index contributed by atoms with van der Waals surface area (Å²) in [6.07, 6.45) is 3.96. The van der Waals surface area contributed by atoms with Gasteiger partial charge >= 0.3 is 5.97 Å². The van der Waals surface area contributed by atoms with Crippen LogP contribution in [0, 0.1) is 0 Å². The van der Waals surface area contributed by atoms with Gasteiger partial charge in [0.2, 0.25) is 5.91 Å². The number of aryl methyl sites for hydroxylation is 1. The van der Waals surface area contributed by atoms with E-state index in [0.717, 1.165) is 5.82 Å². The molecule has 94 valence electrons. The minimum atomic E-state index is -0.498. The third-order valence-corrected chi connectivity index (χ3v) is 2.20. The molecule has 0 bridgehead atoms. The molecule has 0 aliphatic carbocycles. The van der Waals surface area contributed by atoms with Crippen LogP contribution in [0.5, 0.6) is 0 Å². The fourth-order valence-electron chi connectivity index (χ4n) is 1.36. The van der Waals surface area contributed by atoms with Crippen LogP contribution in [0.3, 0.4) is 0 Å². The molecule has 0 fully saturated rings. The Labute approximate surface area is 100.0 Å². The molecule has 0 radical (unpaired) electrons. The molecule has 0 aromatic carbocycles. The Morgan fingerprint density at radius 3 is 2.88 bits per heavy atom. The summed E-state index contributed by atoms with van der Waals surface area (Å²) in [6, 6.07) is 0. The lowest BCUT2D eigenvalue weighted by Crippen LogP contribution is -2.28. The van der Waals surface area contributed by atoms with Gasteiger partial charge in [-0.15, -0.1) is 0 Å². The molecule has 1 aromatic heterocycles. The lowest BCUT2D eigenvalue weighted by atomic mass is 10.3. The lowest BCUT2D eigenvalue weighted by molar-refractivity contribution is -0.145. The van der Waals surface area contributed by atoms with Crippen LogP contribution in [0.4, 0.5) is 0 Å². The van der Waals surface area contributed by atoms with Crippen LogP contribution in [-0.4, -0.2) is 34.6 Å². The molecule has 1 amide bonds. The number of carbonyl (C=O) groups is 2. The van der Waals surface area contributed by atoms with Crippen molar-refractivity contribution in [2.24, 2.45) is 7.05 Å². The van der Waals surface area contributed by atoms with Gasteiger partial charge in [-0.3, -0.25) is 9.59 Å². The number of nitrogens with one attached hydrogen (secondary N) is 1. The number of carbonyl (C=O) groups excluding carboxylic acids is 2. The monoisotopic (exact) mass is 239 g/mol. The second-order valence-electron chi connectivity index (χ2n) is 3.54. The van der Waals surface area contributed by atoms with Crippen LogP contribution in [0.1, 0.15) is 19.2 Å². The van der Waals surface area contributed by atoms with Crippen LogP contribution in [0.15, 0.2) is 12.4 Å². The van der Waals surface area contributed by atoms with E-state index in [9.17, 15) is 9.59 Å². The maximum absolute atomic E-state index is 11.3. The zero-order valence-electron chi connectivity index (χ0n) is 10.1. The van der Waals surface area contributed by atoms with E-state index in [1.807, 2.05) is 17.8 Å². The largest absolute Gasteiger partial charge is 0.466 e. The molecule has 1 N–H and O–H groups in total. The van der Waals surface area contributed by atoms with E-state index in [0.29, 0.717) is 19.6 Å². The topological polar surface area (TPSA) is 73.2 Å². The highest BCUT2D eigenvalue weighted by atomic mass is 16.5. The van der Waals surface area contributed by atoms with Crippen molar-refractivity contribution in [1.29, 1.82) is 0 Å². The van der Waals surface area contributed by atoms with Gasteiger partial charge in [-0.25, -0.2) is 4.98 Å². The molecule has 1 heterocycles. The third-order valence-electron chi connectivity index (χ3n) is 2.20. The summed E-state index contributed by atoms with van der Waals surface area (Å²) in [6.45, 7) is 2.46. The van der Waals surface area contributed by atoms with Gasteiger partial charge in [0.15, 0.2) is 0 Å². The summed E-state index contributed by atoms with van der Waals surface area (Å²) in [5.41, 5.74) is 0. The molecule has 1 aromatic rings. The molecule has 0 unspecified atom stereocenters. The molecule has 6 heteroatoms. The van der Waals surface area contributed by atoms with Crippen LogP contribution >= 0.6 is 0 Å². The first-order valence-corrected chi connectivity index (χ1v) is 5.52. The van der Waals surface area contributed by atoms with Gasteiger partial charge in [-0.05, 0) is 6.92 Å². The van der Waals surface area contributed by atoms with Gasteiger partial charge in [-0.2, -0.15) is 0 Å². The average molecular weight is 239 g/mol. The number of aromatic nitrogens is 2. The van der Waals surface area contributed by atoms with Crippen LogP contribution in [-0.2, 0) is 27.8 Å². The molecule has 0 atom stereocenters. The smallest absolute Gasteiger partial charge is 0.315 e. The van der Waals surface area contributed by atoms with E-state index in [1.54, 1.807) is 13.1 Å². The van der Waals surface area contributed by atoms with Gasteiger partial charge in [-0.1, -0.05) is 0 Å². The van der Waals surface area contributed by atoms with Crippen molar-refractivity contribution in [3.63, 3.8) is 0 Å². The minimum absolute atomic E-state index is 0.228. The van der Waals surface area contributed by atoms with Crippen molar-refractivity contribution in [3.05, 3.63) is 18.2 Å². The van der Waals surface area contributed by atoms with Gasteiger partial charge < -0.3 is 14.6 Å². The number of hydrogen-bond acceptors (Lipinski definition) is 4. The second kappa shape index (κ2) is 6.67. The first-order chi connectivity index (χ1) is 8.13. The SMILES string of the molecule is CCOC(=O)CC(=O)NCCc1nccn1C. The summed E-state index contributed by atoms with van der Waals surface area (Å²) in [4.78, 5) is 26.4. The number of hydrogen-bond donors (Lipinski definition) is 1. The zero-order chi connectivity index (χ0) is 12.7. The predicted molar refractivity (Wildman–Crippen MR) is 61.2 cm³/mol. The van der Waals surface area contributed by atoms with Crippen LogP contribution in [0.2, 0.25) is 0 Å². The quantitative estimate of drug-likeness (QED) is 0.561. The van der Waals surface area contributed by atoms with E-state index >= 15 is 0 Å². The molecule has 0 spiro atoms. The van der Waals surface area contributed by atoms with E-state index in [-0.39, 0.29) is 12.3 Å². The van der Waals surface area contributed by atoms with Crippen molar-refractivity contribution in [2.75, 3.05) is 13.2 Å². The standard InChI is InChI=1S/C11H17N3O3/c1-3-17-11(16)8-10(15)13-5-4-9-12-6-7-14(9)2/h6-7H,3-5,8H2,1-2H3,(H,13,15). The fraction of sp³-hybridized carbons (Fsp3) is 0.545. The Hall–Kier alpha value is -1.85. The molecule has 6 nitrogen and oxygen atoms in total. The van der Waals surface area contributed by atoms with Gasteiger partial charge in [0.05, 0.1) is 6.61 Å². The fourth-order valence-corrected chi connectivity index (χ4v) is 1.36. The highest BCUT2D eigenvalue weighted by molar-refractivity contribution is 5.94. The van der Waals surface area contributed by atoms with Gasteiger partial charge in [0.1, 0.15) is 12.2 Å².